The number of hydrogen-bond acceptors (Lipinski definition) is 4. The fourth-order valence-electron chi connectivity index (χ4n) is 5.46. The van der Waals surface area contributed by atoms with Gasteiger partial charge in [-0.05, 0) is 56.2 Å². The molecule has 3 fully saturated rings. The number of hydrogen-bond donors (Lipinski definition) is 0. The molecule has 2 unspecified atom stereocenters. The summed E-state index contributed by atoms with van der Waals surface area (Å²) >= 11 is 0. The Hall–Kier alpha value is -2.08. The van der Waals surface area contributed by atoms with Crippen LogP contribution in [0.2, 0.25) is 0 Å². The van der Waals surface area contributed by atoms with Crippen LogP contribution < -0.4 is 4.74 Å². The van der Waals surface area contributed by atoms with Gasteiger partial charge in [-0.25, -0.2) is 0 Å². The van der Waals surface area contributed by atoms with E-state index in [0.29, 0.717) is 31.2 Å². The van der Waals surface area contributed by atoms with Crippen LogP contribution in [0.4, 0.5) is 0 Å². The van der Waals surface area contributed by atoms with Gasteiger partial charge in [0.15, 0.2) is 0 Å². The Morgan fingerprint density at radius 2 is 1.73 bits per heavy atom. The number of fused-ring (bicyclic) bond motifs is 1. The third-order valence-corrected chi connectivity index (χ3v) is 7.24. The molecule has 6 heteroatoms. The first-order valence-electron chi connectivity index (χ1n) is 11.5. The fraction of sp³-hybridized carbons (Fsp3) is 0.667. The number of rotatable bonds is 4. The maximum absolute atomic E-state index is 13.1. The van der Waals surface area contributed by atoms with Crippen molar-refractivity contribution in [2.24, 2.45) is 5.92 Å². The van der Waals surface area contributed by atoms with Crippen molar-refractivity contribution in [3.05, 3.63) is 29.3 Å². The van der Waals surface area contributed by atoms with Crippen molar-refractivity contribution in [2.75, 3.05) is 46.4 Å². The van der Waals surface area contributed by atoms with Gasteiger partial charge in [-0.2, -0.15) is 0 Å². The van der Waals surface area contributed by atoms with Gasteiger partial charge in [0.05, 0.1) is 13.7 Å². The number of carbonyl (C=O) groups is 2. The van der Waals surface area contributed by atoms with E-state index in [0.717, 1.165) is 43.3 Å². The molecular weight excluding hydrogens is 378 g/mol. The highest BCUT2D eigenvalue weighted by atomic mass is 16.5. The summed E-state index contributed by atoms with van der Waals surface area (Å²) < 4.78 is 5.36. The van der Waals surface area contributed by atoms with E-state index in [1.165, 1.54) is 32.1 Å². The van der Waals surface area contributed by atoms with Crippen LogP contribution in [-0.4, -0.2) is 78.9 Å². The molecule has 2 atom stereocenters. The average molecular weight is 414 g/mol. The highest BCUT2D eigenvalue weighted by Crippen LogP contribution is 2.35. The minimum atomic E-state index is 0.0420. The number of amides is 2. The number of piperazine rings is 1. The molecule has 0 radical (unpaired) electrons. The molecule has 0 bridgehead atoms. The second-order valence-corrected chi connectivity index (χ2v) is 9.09. The number of methoxy groups -OCH3 is 1. The summed E-state index contributed by atoms with van der Waals surface area (Å²) in [5, 5.41) is 0. The second kappa shape index (κ2) is 9.38. The molecule has 2 aliphatic heterocycles. The normalized spacial score (nSPS) is 25.0. The molecule has 1 aromatic carbocycles. The molecule has 6 nitrogen and oxygen atoms in total. The van der Waals surface area contributed by atoms with Crippen LogP contribution in [0.5, 0.6) is 5.75 Å². The van der Waals surface area contributed by atoms with Gasteiger partial charge in [0.1, 0.15) is 5.75 Å². The Morgan fingerprint density at radius 3 is 2.50 bits per heavy atom. The third kappa shape index (κ3) is 4.48. The van der Waals surface area contributed by atoms with E-state index in [1.807, 2.05) is 30.0 Å². The Kier molecular flexibility index (Phi) is 6.61. The van der Waals surface area contributed by atoms with Gasteiger partial charge in [0.25, 0.3) is 5.91 Å². The van der Waals surface area contributed by atoms with Crippen LogP contribution in [-0.2, 0) is 4.79 Å². The largest absolute Gasteiger partial charge is 0.496 e. The number of benzene rings is 1. The van der Waals surface area contributed by atoms with E-state index in [1.54, 1.807) is 7.11 Å². The fourth-order valence-corrected chi connectivity index (χ4v) is 5.46. The van der Waals surface area contributed by atoms with Gasteiger partial charge >= 0.3 is 0 Å². The van der Waals surface area contributed by atoms with Crippen molar-refractivity contribution >= 4 is 11.8 Å². The molecule has 2 amide bonds. The first kappa shape index (κ1) is 21.2. The van der Waals surface area contributed by atoms with E-state index in [2.05, 4.69) is 9.80 Å². The second-order valence-electron chi connectivity index (χ2n) is 9.09. The predicted octanol–water partition coefficient (Wildman–Crippen LogP) is 2.94. The van der Waals surface area contributed by atoms with Gasteiger partial charge in [-0.15, -0.1) is 0 Å². The number of nitrogens with zero attached hydrogens (tertiary/aromatic N) is 3. The minimum Gasteiger partial charge on any atom is -0.496 e. The minimum absolute atomic E-state index is 0.0420. The van der Waals surface area contributed by atoms with Crippen molar-refractivity contribution in [1.29, 1.82) is 0 Å². The van der Waals surface area contributed by atoms with Gasteiger partial charge in [0, 0.05) is 44.3 Å². The van der Waals surface area contributed by atoms with E-state index in [4.69, 9.17) is 4.74 Å². The lowest BCUT2D eigenvalue weighted by molar-refractivity contribution is -0.139. The zero-order chi connectivity index (χ0) is 21.1. The Labute approximate surface area is 180 Å². The topological polar surface area (TPSA) is 53.1 Å². The molecule has 2 saturated heterocycles. The molecule has 4 rings (SSSR count). The van der Waals surface area contributed by atoms with Crippen molar-refractivity contribution < 1.29 is 14.3 Å². The van der Waals surface area contributed by atoms with Crippen LogP contribution >= 0.6 is 0 Å². The maximum atomic E-state index is 13.1. The monoisotopic (exact) mass is 413 g/mol. The van der Waals surface area contributed by atoms with Crippen molar-refractivity contribution in [2.45, 2.75) is 51.5 Å². The lowest BCUT2D eigenvalue weighted by Crippen LogP contribution is -2.55. The zero-order valence-corrected chi connectivity index (χ0v) is 18.4. The van der Waals surface area contributed by atoms with Crippen LogP contribution in [0, 0.1) is 12.8 Å². The van der Waals surface area contributed by atoms with E-state index in [9.17, 15) is 9.59 Å². The number of carbonyl (C=O) groups excluding carboxylic acids is 2. The lowest BCUT2D eigenvalue weighted by Gasteiger charge is -2.45. The van der Waals surface area contributed by atoms with E-state index in [-0.39, 0.29) is 11.8 Å². The Balaban J connectivity index is 1.30. The standard InChI is InChI=1S/C24H35N3O3/c1-18-9-10-20(16-22(18)30-2)24(29)26-14-12-25(13-15-26)17-23(28)27-11-5-7-19-6-3-4-8-21(19)27/h9-10,16,19,21H,3-8,11-15,17H2,1-2H3. The number of piperidine rings is 1. The van der Waals surface area contributed by atoms with Crippen molar-refractivity contribution in [3.63, 3.8) is 0 Å². The third-order valence-electron chi connectivity index (χ3n) is 7.24. The molecule has 0 aromatic heterocycles. The molecule has 164 valence electrons. The SMILES string of the molecule is COc1cc(C(=O)N2CCN(CC(=O)N3CCCC4CCCCC43)CC2)ccc1C. The van der Waals surface area contributed by atoms with Gasteiger partial charge in [0.2, 0.25) is 5.91 Å². The molecular formula is C24H35N3O3. The summed E-state index contributed by atoms with van der Waals surface area (Å²) in [5.74, 6) is 1.79. The zero-order valence-electron chi connectivity index (χ0n) is 18.4. The van der Waals surface area contributed by atoms with Gasteiger partial charge in [-0.3, -0.25) is 14.5 Å². The van der Waals surface area contributed by atoms with Crippen LogP contribution in [0.3, 0.4) is 0 Å². The smallest absolute Gasteiger partial charge is 0.254 e. The van der Waals surface area contributed by atoms with Crippen molar-refractivity contribution in [1.82, 2.24) is 14.7 Å². The molecule has 1 saturated carbocycles. The Morgan fingerprint density at radius 1 is 1.00 bits per heavy atom. The summed E-state index contributed by atoms with van der Waals surface area (Å²) in [6.07, 6.45) is 7.49. The number of aryl methyl sites for hydroxylation is 1. The maximum Gasteiger partial charge on any atom is 0.254 e. The molecule has 2 heterocycles. The average Bonchev–Trinajstić information content (AvgIpc) is 2.79. The number of ether oxygens (including phenoxy) is 1. The molecule has 0 N–H and O–H groups in total. The summed E-state index contributed by atoms with van der Waals surface area (Å²) in [4.78, 5) is 32.2. The van der Waals surface area contributed by atoms with E-state index < -0.39 is 0 Å². The molecule has 3 aliphatic rings. The quantitative estimate of drug-likeness (QED) is 0.762. The summed E-state index contributed by atoms with van der Waals surface area (Å²) in [6.45, 7) is 6.21. The summed E-state index contributed by atoms with van der Waals surface area (Å²) in [7, 11) is 1.63. The highest BCUT2D eigenvalue weighted by Gasteiger charge is 2.36. The van der Waals surface area contributed by atoms with Crippen molar-refractivity contribution in [3.8, 4) is 5.75 Å². The first-order chi connectivity index (χ1) is 14.6. The molecule has 30 heavy (non-hydrogen) atoms. The lowest BCUT2D eigenvalue weighted by atomic mass is 9.78. The first-order valence-corrected chi connectivity index (χ1v) is 11.5. The molecule has 1 aliphatic carbocycles. The molecule has 1 aromatic rings. The summed E-state index contributed by atoms with van der Waals surface area (Å²) in [6, 6.07) is 6.09. The van der Waals surface area contributed by atoms with Crippen LogP contribution in [0.15, 0.2) is 18.2 Å². The van der Waals surface area contributed by atoms with Crippen LogP contribution in [0.25, 0.3) is 0 Å². The van der Waals surface area contributed by atoms with Gasteiger partial charge < -0.3 is 14.5 Å². The highest BCUT2D eigenvalue weighted by molar-refractivity contribution is 5.94. The number of likely N-dealkylation sites (tertiary alicyclic amines) is 1. The van der Waals surface area contributed by atoms with E-state index >= 15 is 0 Å². The summed E-state index contributed by atoms with van der Waals surface area (Å²) in [5.41, 5.74) is 1.69. The molecule has 0 spiro atoms. The van der Waals surface area contributed by atoms with Crippen LogP contribution in [0.1, 0.15) is 54.4 Å². The van der Waals surface area contributed by atoms with Gasteiger partial charge in [-0.1, -0.05) is 18.9 Å². The predicted molar refractivity (Wildman–Crippen MR) is 117 cm³/mol. The Bertz CT molecular complexity index is 771.